The van der Waals surface area contributed by atoms with Crippen LogP contribution in [0.2, 0.25) is 0 Å². The Morgan fingerprint density at radius 2 is 0.491 bits per heavy atom. The summed E-state index contributed by atoms with van der Waals surface area (Å²) in [6.07, 6.45) is 1.16. The lowest BCUT2D eigenvalue weighted by Gasteiger charge is -2.19. The summed E-state index contributed by atoms with van der Waals surface area (Å²) in [5.74, 6) is 0. The lowest BCUT2D eigenvalue weighted by atomic mass is 10.3. The normalized spacial score (nSPS) is 13.4. The van der Waals surface area contributed by atoms with Gasteiger partial charge in [-0.25, -0.2) is 0 Å². The van der Waals surface area contributed by atoms with Crippen molar-refractivity contribution in [3.05, 3.63) is 0 Å². The highest BCUT2D eigenvalue weighted by atomic mass is 16.6. The van der Waals surface area contributed by atoms with Gasteiger partial charge in [-0.2, -0.15) is 0 Å². The second-order valence-corrected chi connectivity index (χ2v) is 12.2. The van der Waals surface area contributed by atoms with E-state index in [4.69, 9.17) is 85.3 Å². The van der Waals surface area contributed by atoms with E-state index in [0.29, 0.717) is 198 Å². The zero-order valence-electron chi connectivity index (χ0n) is 36.0. The van der Waals surface area contributed by atoms with Crippen molar-refractivity contribution in [3.63, 3.8) is 0 Å². The van der Waals surface area contributed by atoms with Crippen molar-refractivity contribution in [1.29, 1.82) is 0 Å². The molecule has 0 saturated heterocycles. The van der Waals surface area contributed by atoms with Crippen LogP contribution in [-0.2, 0) is 85.3 Å². The fraction of sp³-hybridized carbons (Fsp3) is 1.00. The molecule has 0 aliphatic rings. The van der Waals surface area contributed by atoms with Crippen LogP contribution in [0.5, 0.6) is 0 Å². The van der Waals surface area contributed by atoms with Crippen LogP contribution in [0.25, 0.3) is 0 Å². The minimum atomic E-state index is -0.232. The molecule has 0 radical (unpaired) electrons. The molecule has 57 heavy (non-hydrogen) atoms. The summed E-state index contributed by atoms with van der Waals surface area (Å²) >= 11 is 0. The lowest BCUT2D eigenvalue weighted by Crippen LogP contribution is -2.29. The minimum Gasteiger partial charge on any atom is -0.382 e. The van der Waals surface area contributed by atoms with E-state index in [0.717, 1.165) is 6.42 Å². The van der Waals surface area contributed by atoms with Crippen LogP contribution in [0.3, 0.4) is 0 Å². The molecule has 0 aliphatic heterocycles. The summed E-state index contributed by atoms with van der Waals surface area (Å²) < 4.78 is 99.6. The first-order valence-corrected chi connectivity index (χ1v) is 20.4. The molecule has 0 fully saturated rings. The minimum absolute atomic E-state index is 0.0175. The Balaban J connectivity index is 3.96. The van der Waals surface area contributed by atoms with Crippen LogP contribution in [0.15, 0.2) is 0 Å². The van der Waals surface area contributed by atoms with Crippen molar-refractivity contribution in [2.75, 3.05) is 220 Å². The van der Waals surface area contributed by atoms with Crippen molar-refractivity contribution < 1.29 is 85.3 Å². The summed E-state index contributed by atoms with van der Waals surface area (Å²) in [5.41, 5.74) is 0. The highest BCUT2D eigenvalue weighted by Gasteiger charge is 2.12. The van der Waals surface area contributed by atoms with Crippen molar-refractivity contribution in [1.82, 2.24) is 0 Å². The van der Waals surface area contributed by atoms with Crippen molar-refractivity contribution >= 4 is 0 Å². The first-order valence-electron chi connectivity index (χ1n) is 20.4. The molecule has 18 nitrogen and oxygen atoms in total. The molecule has 18 heteroatoms. The fourth-order valence-corrected chi connectivity index (χ4v) is 4.41. The average molecular weight is 837 g/mol. The first kappa shape index (κ1) is 56.3. The molecule has 0 spiro atoms. The number of rotatable bonds is 51. The van der Waals surface area contributed by atoms with E-state index in [-0.39, 0.29) is 18.3 Å². The van der Waals surface area contributed by atoms with Gasteiger partial charge >= 0.3 is 0 Å². The molecule has 3 unspecified atom stereocenters. The van der Waals surface area contributed by atoms with E-state index in [9.17, 15) is 0 Å². The topological polar surface area (TPSA) is 166 Å². The SMILES string of the molecule is CCC(COCCOCCOCC(COCCOCCOC)OCCOCCOC)OCCOCCOCCC(COCCOCCOC)OCCOCCOC. The highest BCUT2D eigenvalue weighted by molar-refractivity contribution is 4.58. The van der Waals surface area contributed by atoms with Crippen LogP contribution in [0.1, 0.15) is 19.8 Å². The maximum atomic E-state index is 5.95. The van der Waals surface area contributed by atoms with Gasteiger partial charge in [0.1, 0.15) is 6.10 Å². The summed E-state index contributed by atoms with van der Waals surface area (Å²) in [6, 6.07) is 0. The van der Waals surface area contributed by atoms with Crippen LogP contribution < -0.4 is 0 Å². The summed E-state index contributed by atoms with van der Waals surface area (Å²) in [5, 5.41) is 0. The van der Waals surface area contributed by atoms with Crippen LogP contribution >= 0.6 is 0 Å². The predicted molar refractivity (Wildman–Crippen MR) is 211 cm³/mol. The van der Waals surface area contributed by atoms with Gasteiger partial charge in [-0.05, 0) is 12.8 Å². The Bertz CT molecular complexity index is 675. The van der Waals surface area contributed by atoms with Gasteiger partial charge in [0.25, 0.3) is 0 Å². The molecular weight excluding hydrogens is 756 g/mol. The average Bonchev–Trinajstić information content (AvgIpc) is 3.22. The molecule has 0 saturated carbocycles. The Morgan fingerprint density at radius 3 is 0.842 bits per heavy atom. The van der Waals surface area contributed by atoms with Crippen molar-refractivity contribution in [3.8, 4) is 0 Å². The molecule has 0 amide bonds. The largest absolute Gasteiger partial charge is 0.382 e. The lowest BCUT2D eigenvalue weighted by molar-refractivity contribution is -0.0871. The Kier molecular flexibility index (Phi) is 49.0. The second kappa shape index (κ2) is 49.6. The summed E-state index contributed by atoms with van der Waals surface area (Å²) in [7, 11) is 6.57. The predicted octanol–water partition coefficient (Wildman–Crippen LogP) is 1.71. The van der Waals surface area contributed by atoms with Crippen LogP contribution in [0.4, 0.5) is 0 Å². The molecule has 0 aromatic heterocycles. The third-order valence-corrected chi connectivity index (χ3v) is 7.59. The number of hydrogen-bond donors (Lipinski definition) is 0. The molecule has 0 bridgehead atoms. The van der Waals surface area contributed by atoms with Crippen molar-refractivity contribution in [2.24, 2.45) is 0 Å². The monoisotopic (exact) mass is 837 g/mol. The zero-order chi connectivity index (χ0) is 41.4. The zero-order valence-corrected chi connectivity index (χ0v) is 36.0. The third-order valence-electron chi connectivity index (χ3n) is 7.59. The molecule has 0 heterocycles. The molecule has 0 rings (SSSR count). The van der Waals surface area contributed by atoms with E-state index in [2.05, 4.69) is 6.92 Å². The maximum Gasteiger partial charge on any atom is 0.104 e. The molecular formula is C39H80O18. The Hall–Kier alpha value is -0.720. The number of methoxy groups -OCH3 is 4. The van der Waals surface area contributed by atoms with Gasteiger partial charge < -0.3 is 85.3 Å². The maximum absolute atomic E-state index is 5.95. The number of ether oxygens (including phenoxy) is 18. The van der Waals surface area contributed by atoms with E-state index in [1.807, 2.05) is 0 Å². The Morgan fingerprint density at radius 1 is 0.246 bits per heavy atom. The van der Waals surface area contributed by atoms with E-state index in [1.54, 1.807) is 28.4 Å². The fourth-order valence-electron chi connectivity index (χ4n) is 4.41. The third kappa shape index (κ3) is 44.7. The molecule has 0 aromatic rings. The summed E-state index contributed by atoms with van der Waals surface area (Å²) in [4.78, 5) is 0. The molecule has 0 N–H and O–H groups in total. The van der Waals surface area contributed by atoms with Gasteiger partial charge in [-0.1, -0.05) is 6.92 Å². The standard InChI is InChI=1S/C39H80O18/c1-6-37(33-51-23-21-49-22-26-54-36-39(57-32-29-48-16-12-43-5)35-53-25-20-46-14-10-41-3)55-30-27-50-18-17-44-8-7-38(56-31-28-47-15-11-42-4)34-52-24-19-45-13-9-40-2/h37-39H,6-36H2,1-5H3. The van der Waals surface area contributed by atoms with Gasteiger partial charge in [0.15, 0.2) is 0 Å². The summed E-state index contributed by atoms with van der Waals surface area (Å²) in [6.45, 7) is 16.1. The highest BCUT2D eigenvalue weighted by Crippen LogP contribution is 2.03. The molecule has 0 aromatic carbocycles. The smallest absolute Gasteiger partial charge is 0.104 e. The molecule has 3 atom stereocenters. The van der Waals surface area contributed by atoms with E-state index < -0.39 is 0 Å². The molecule has 0 aliphatic carbocycles. The van der Waals surface area contributed by atoms with Crippen molar-refractivity contribution in [2.45, 2.75) is 38.1 Å². The van der Waals surface area contributed by atoms with Gasteiger partial charge in [0, 0.05) is 35.0 Å². The van der Waals surface area contributed by atoms with Gasteiger partial charge in [0.2, 0.25) is 0 Å². The van der Waals surface area contributed by atoms with Crippen LogP contribution in [-0.4, -0.2) is 238 Å². The number of hydrogen-bond acceptors (Lipinski definition) is 18. The quantitative estimate of drug-likeness (QED) is 0.0813. The van der Waals surface area contributed by atoms with E-state index in [1.165, 1.54) is 0 Å². The first-order chi connectivity index (χ1) is 28.2. The second-order valence-electron chi connectivity index (χ2n) is 12.2. The van der Waals surface area contributed by atoms with Gasteiger partial charge in [-0.3, -0.25) is 0 Å². The van der Waals surface area contributed by atoms with E-state index >= 15 is 0 Å². The van der Waals surface area contributed by atoms with Gasteiger partial charge in [-0.15, -0.1) is 0 Å². The Labute approximate surface area is 343 Å². The van der Waals surface area contributed by atoms with Crippen LogP contribution in [0, 0.1) is 0 Å². The molecule has 344 valence electrons. The van der Waals surface area contributed by atoms with Gasteiger partial charge in [0.05, 0.1) is 197 Å².